The van der Waals surface area contributed by atoms with Gasteiger partial charge in [0.05, 0.1) is 0 Å². The van der Waals surface area contributed by atoms with Crippen LogP contribution in [0.25, 0.3) is 6.08 Å². The number of hydrogen-bond donors (Lipinski definition) is 0. The molecule has 0 spiro atoms. The lowest BCUT2D eigenvalue weighted by Gasteiger charge is -2.19. The third-order valence-corrected chi connectivity index (χ3v) is 4.22. The Labute approximate surface area is 151 Å². The molecule has 0 radical (unpaired) electrons. The molecule has 0 aromatic heterocycles. The number of carbonyl (C=O) groups excluding carboxylic acids is 1. The van der Waals surface area contributed by atoms with E-state index < -0.39 is 0 Å². The van der Waals surface area contributed by atoms with Crippen molar-refractivity contribution in [1.82, 2.24) is 0 Å². The second-order valence-electron chi connectivity index (χ2n) is 7.71. The Morgan fingerprint density at radius 2 is 1.60 bits per heavy atom. The molecule has 2 rings (SSSR count). The molecule has 0 amide bonds. The van der Waals surface area contributed by atoms with Crippen molar-refractivity contribution in [1.29, 1.82) is 0 Å². The molecule has 0 aliphatic carbocycles. The molecule has 0 atom stereocenters. The van der Waals surface area contributed by atoms with Gasteiger partial charge in [-0.2, -0.15) is 0 Å². The van der Waals surface area contributed by atoms with Crippen LogP contribution in [-0.2, 0) is 21.6 Å². The molecular weight excluding hydrogens is 308 g/mol. The number of benzene rings is 2. The van der Waals surface area contributed by atoms with E-state index in [4.69, 9.17) is 4.74 Å². The van der Waals surface area contributed by atoms with Gasteiger partial charge in [0, 0.05) is 6.08 Å². The van der Waals surface area contributed by atoms with Gasteiger partial charge in [0.25, 0.3) is 0 Å². The molecule has 25 heavy (non-hydrogen) atoms. The monoisotopic (exact) mass is 336 g/mol. The summed E-state index contributed by atoms with van der Waals surface area (Å²) in [5, 5.41) is 0. The summed E-state index contributed by atoms with van der Waals surface area (Å²) in [6.07, 6.45) is 3.27. The maximum atomic E-state index is 11.9. The van der Waals surface area contributed by atoms with Crippen LogP contribution in [0, 0.1) is 0 Å². The molecule has 0 N–H and O–H groups in total. The fraction of sp³-hybridized carbons (Fsp3) is 0.348. The van der Waals surface area contributed by atoms with E-state index >= 15 is 0 Å². The first-order chi connectivity index (χ1) is 11.8. The summed E-state index contributed by atoms with van der Waals surface area (Å²) in [6, 6.07) is 16.4. The smallest absolute Gasteiger partial charge is 0.331 e. The van der Waals surface area contributed by atoms with Crippen LogP contribution in [0.1, 0.15) is 62.8 Å². The highest BCUT2D eigenvalue weighted by Crippen LogP contribution is 2.22. The second kappa shape index (κ2) is 8.15. The Kier molecular flexibility index (Phi) is 6.19. The minimum absolute atomic E-state index is 0.128. The summed E-state index contributed by atoms with van der Waals surface area (Å²) >= 11 is 0. The van der Waals surface area contributed by atoms with Gasteiger partial charge in [0.15, 0.2) is 0 Å². The Morgan fingerprint density at radius 3 is 2.12 bits per heavy atom. The molecule has 0 aliphatic rings. The molecule has 2 heteroatoms. The number of carbonyl (C=O) groups is 1. The molecule has 0 saturated heterocycles. The Bertz CT molecular complexity index is 714. The van der Waals surface area contributed by atoms with Crippen LogP contribution in [0.4, 0.5) is 0 Å². The van der Waals surface area contributed by atoms with Gasteiger partial charge in [-0.05, 0) is 39.7 Å². The summed E-state index contributed by atoms with van der Waals surface area (Å²) in [6.45, 7) is 11.2. The number of ether oxygens (including phenoxy) is 1. The molecule has 0 aliphatic heterocycles. The number of esters is 1. The SMILES string of the molecule is CC(C)c1ccc(C=CC(=O)OCc2ccc(C(C)(C)C)cc2)cc1. The first kappa shape index (κ1) is 19.0. The summed E-state index contributed by atoms with van der Waals surface area (Å²) in [4.78, 5) is 11.9. The summed E-state index contributed by atoms with van der Waals surface area (Å²) < 4.78 is 5.31. The van der Waals surface area contributed by atoms with Gasteiger partial charge in [0.2, 0.25) is 0 Å². The van der Waals surface area contributed by atoms with E-state index in [1.165, 1.54) is 17.2 Å². The largest absolute Gasteiger partial charge is 0.458 e. The minimum atomic E-state index is -0.326. The first-order valence-electron chi connectivity index (χ1n) is 8.80. The van der Waals surface area contributed by atoms with Crippen LogP contribution in [0.2, 0.25) is 0 Å². The van der Waals surface area contributed by atoms with E-state index in [-0.39, 0.29) is 11.4 Å². The van der Waals surface area contributed by atoms with E-state index in [1.54, 1.807) is 6.08 Å². The van der Waals surface area contributed by atoms with E-state index in [1.807, 2.05) is 24.3 Å². The zero-order valence-corrected chi connectivity index (χ0v) is 15.9. The maximum Gasteiger partial charge on any atom is 0.331 e. The summed E-state index contributed by atoms with van der Waals surface area (Å²) in [7, 11) is 0. The van der Waals surface area contributed by atoms with Gasteiger partial charge < -0.3 is 4.74 Å². The van der Waals surface area contributed by atoms with E-state index in [2.05, 4.69) is 58.9 Å². The molecule has 132 valence electrons. The number of rotatable bonds is 5. The lowest BCUT2D eigenvalue weighted by molar-refractivity contribution is -0.138. The van der Waals surface area contributed by atoms with Gasteiger partial charge in [-0.1, -0.05) is 83.1 Å². The van der Waals surface area contributed by atoms with Crippen molar-refractivity contribution in [2.75, 3.05) is 0 Å². The van der Waals surface area contributed by atoms with Gasteiger partial charge >= 0.3 is 5.97 Å². The van der Waals surface area contributed by atoms with Crippen LogP contribution in [-0.4, -0.2) is 5.97 Å². The predicted molar refractivity (Wildman–Crippen MR) is 105 cm³/mol. The second-order valence-corrected chi connectivity index (χ2v) is 7.71. The van der Waals surface area contributed by atoms with Crippen molar-refractivity contribution >= 4 is 12.0 Å². The van der Waals surface area contributed by atoms with E-state index in [0.29, 0.717) is 12.5 Å². The van der Waals surface area contributed by atoms with Crippen molar-refractivity contribution in [2.45, 2.75) is 52.6 Å². The molecule has 2 nitrogen and oxygen atoms in total. The lowest BCUT2D eigenvalue weighted by atomic mass is 9.87. The molecule has 2 aromatic carbocycles. The van der Waals surface area contributed by atoms with E-state index in [0.717, 1.165) is 11.1 Å². The third kappa shape index (κ3) is 5.90. The average molecular weight is 336 g/mol. The Morgan fingerprint density at radius 1 is 1.00 bits per heavy atom. The van der Waals surface area contributed by atoms with Crippen LogP contribution in [0.5, 0.6) is 0 Å². The molecule has 2 aromatic rings. The summed E-state index contributed by atoms with van der Waals surface area (Å²) in [5.41, 5.74) is 4.68. The maximum absolute atomic E-state index is 11.9. The van der Waals surface area contributed by atoms with Crippen molar-refractivity contribution in [3.8, 4) is 0 Å². The minimum Gasteiger partial charge on any atom is -0.458 e. The standard InChI is InChI=1S/C23H28O2/c1-17(2)20-11-6-18(7-12-20)10-15-22(24)25-16-19-8-13-21(14-9-19)23(3,4)5/h6-15,17H,16H2,1-5H3. The molecule has 0 fully saturated rings. The van der Waals surface area contributed by atoms with Crippen LogP contribution < -0.4 is 0 Å². The van der Waals surface area contributed by atoms with Crippen molar-refractivity contribution in [3.63, 3.8) is 0 Å². The molecule has 0 saturated carbocycles. The van der Waals surface area contributed by atoms with Gasteiger partial charge in [0.1, 0.15) is 6.61 Å². The normalized spacial score (nSPS) is 11.9. The lowest BCUT2D eigenvalue weighted by Crippen LogP contribution is -2.10. The Hall–Kier alpha value is -2.35. The van der Waals surface area contributed by atoms with Gasteiger partial charge in [-0.25, -0.2) is 4.79 Å². The highest BCUT2D eigenvalue weighted by molar-refractivity contribution is 5.87. The fourth-order valence-electron chi connectivity index (χ4n) is 2.46. The molecular formula is C23H28O2. The Balaban J connectivity index is 1.87. The van der Waals surface area contributed by atoms with Gasteiger partial charge in [-0.15, -0.1) is 0 Å². The quantitative estimate of drug-likeness (QED) is 0.504. The number of hydrogen-bond acceptors (Lipinski definition) is 2. The van der Waals surface area contributed by atoms with Crippen molar-refractivity contribution < 1.29 is 9.53 Å². The van der Waals surface area contributed by atoms with Crippen LogP contribution in [0.3, 0.4) is 0 Å². The molecule has 0 bridgehead atoms. The first-order valence-corrected chi connectivity index (χ1v) is 8.80. The van der Waals surface area contributed by atoms with Gasteiger partial charge in [-0.3, -0.25) is 0 Å². The highest BCUT2D eigenvalue weighted by atomic mass is 16.5. The third-order valence-electron chi connectivity index (χ3n) is 4.22. The zero-order valence-electron chi connectivity index (χ0n) is 15.9. The van der Waals surface area contributed by atoms with E-state index in [9.17, 15) is 4.79 Å². The van der Waals surface area contributed by atoms with Crippen molar-refractivity contribution in [3.05, 3.63) is 76.9 Å². The highest BCUT2D eigenvalue weighted by Gasteiger charge is 2.12. The fourth-order valence-corrected chi connectivity index (χ4v) is 2.46. The average Bonchev–Trinajstić information content (AvgIpc) is 2.58. The van der Waals surface area contributed by atoms with Crippen LogP contribution in [0.15, 0.2) is 54.6 Å². The molecule has 0 unspecified atom stereocenters. The summed E-state index contributed by atoms with van der Waals surface area (Å²) in [5.74, 6) is 0.181. The molecule has 0 heterocycles. The zero-order chi connectivity index (χ0) is 18.4. The topological polar surface area (TPSA) is 26.3 Å². The van der Waals surface area contributed by atoms with Crippen molar-refractivity contribution in [2.24, 2.45) is 0 Å². The predicted octanol–water partition coefficient (Wildman–Crippen LogP) is 5.86. The van der Waals surface area contributed by atoms with Crippen LogP contribution >= 0.6 is 0 Å².